The zero-order chi connectivity index (χ0) is 13.8. The molecule has 4 atom stereocenters. The highest BCUT2D eigenvalue weighted by atomic mass is 16.6. The van der Waals surface area contributed by atoms with Crippen LogP contribution >= 0.6 is 0 Å². The van der Waals surface area contributed by atoms with Gasteiger partial charge in [0.25, 0.3) is 0 Å². The van der Waals surface area contributed by atoms with Crippen molar-refractivity contribution in [1.82, 2.24) is 0 Å². The zero-order valence-corrected chi connectivity index (χ0v) is 11.5. The molecule has 3 nitrogen and oxygen atoms in total. The van der Waals surface area contributed by atoms with Crippen LogP contribution in [0.25, 0.3) is 0 Å². The number of fused-ring (bicyclic) bond motifs is 1. The van der Waals surface area contributed by atoms with Gasteiger partial charge in [0.2, 0.25) is 0 Å². The van der Waals surface area contributed by atoms with Gasteiger partial charge in [-0.15, -0.1) is 11.8 Å². The second-order valence-corrected chi connectivity index (χ2v) is 5.44. The summed E-state index contributed by atoms with van der Waals surface area (Å²) in [6, 6.07) is 0. The summed E-state index contributed by atoms with van der Waals surface area (Å²) in [6.07, 6.45) is 6.23. The fourth-order valence-electron chi connectivity index (χ4n) is 3.13. The number of ether oxygens (including phenoxy) is 1. The molecular weight excluding hydrogens is 240 g/mol. The number of ketones is 1. The van der Waals surface area contributed by atoms with E-state index >= 15 is 0 Å². The van der Waals surface area contributed by atoms with Gasteiger partial charge in [-0.1, -0.05) is 13.0 Å². The van der Waals surface area contributed by atoms with Crippen LogP contribution in [0, 0.1) is 29.6 Å². The third kappa shape index (κ3) is 3.26. The molecule has 0 aromatic heterocycles. The second kappa shape index (κ2) is 6.06. The Bertz CT molecular complexity index is 452. The predicted molar refractivity (Wildman–Crippen MR) is 72.1 cm³/mol. The Kier molecular flexibility index (Phi) is 4.42. The second-order valence-electron chi connectivity index (χ2n) is 5.44. The molecule has 0 N–H and O–H groups in total. The molecule has 1 heterocycles. The van der Waals surface area contributed by atoms with Crippen LogP contribution in [0.4, 0.5) is 0 Å². The van der Waals surface area contributed by atoms with Crippen molar-refractivity contribution < 1.29 is 14.3 Å². The van der Waals surface area contributed by atoms with Gasteiger partial charge in [-0.05, 0) is 31.3 Å². The summed E-state index contributed by atoms with van der Waals surface area (Å²) in [5.74, 6) is 6.72. The third-order valence-electron chi connectivity index (χ3n) is 4.10. The molecule has 1 saturated heterocycles. The average Bonchev–Trinajstić information content (AvgIpc) is 2.82. The van der Waals surface area contributed by atoms with Crippen LogP contribution in [0.2, 0.25) is 0 Å². The SMILES string of the molecule is CC#CCCC(=O)/C=C/[C@@H]1[C@H]2CC(=O)O[C@H]2C[C@H]1C. The number of esters is 1. The molecule has 1 aliphatic carbocycles. The number of carbonyl (C=O) groups is 2. The molecular formula is C16H20O3. The van der Waals surface area contributed by atoms with Gasteiger partial charge in [-0.3, -0.25) is 9.59 Å². The first kappa shape index (κ1) is 13.9. The summed E-state index contributed by atoms with van der Waals surface area (Å²) >= 11 is 0. The Morgan fingerprint density at radius 3 is 3.05 bits per heavy atom. The van der Waals surface area contributed by atoms with E-state index in [4.69, 9.17) is 4.74 Å². The summed E-state index contributed by atoms with van der Waals surface area (Å²) < 4.78 is 5.30. The molecule has 2 fully saturated rings. The van der Waals surface area contributed by atoms with Gasteiger partial charge in [0, 0.05) is 18.8 Å². The van der Waals surface area contributed by atoms with Crippen molar-refractivity contribution in [3.05, 3.63) is 12.2 Å². The molecule has 1 saturated carbocycles. The van der Waals surface area contributed by atoms with Crippen LogP contribution in [-0.4, -0.2) is 17.9 Å². The van der Waals surface area contributed by atoms with Crippen molar-refractivity contribution in [1.29, 1.82) is 0 Å². The van der Waals surface area contributed by atoms with E-state index in [1.54, 1.807) is 13.0 Å². The predicted octanol–water partition coefficient (Wildman–Crippen LogP) is 2.50. The van der Waals surface area contributed by atoms with Gasteiger partial charge in [-0.2, -0.15) is 0 Å². The standard InChI is InChI=1S/C16H20O3/c1-3-4-5-6-12(17)7-8-13-11(2)9-15-14(13)10-16(18)19-15/h7-8,11,13-15H,5-6,9-10H2,1-2H3/b8-7+/t11-,13+,14-,15+/m1/s1. The van der Waals surface area contributed by atoms with Gasteiger partial charge in [0.15, 0.2) is 5.78 Å². The Morgan fingerprint density at radius 1 is 1.53 bits per heavy atom. The minimum atomic E-state index is -0.0927. The van der Waals surface area contributed by atoms with Gasteiger partial charge in [0.1, 0.15) is 6.10 Å². The van der Waals surface area contributed by atoms with Gasteiger partial charge in [0.05, 0.1) is 6.42 Å². The molecule has 0 bridgehead atoms. The normalized spacial score (nSPS) is 32.8. The molecule has 0 unspecified atom stereocenters. The van der Waals surface area contributed by atoms with E-state index in [-0.39, 0.29) is 29.7 Å². The van der Waals surface area contributed by atoms with Gasteiger partial charge in [-0.25, -0.2) is 0 Å². The van der Waals surface area contributed by atoms with Crippen LogP contribution in [0.5, 0.6) is 0 Å². The van der Waals surface area contributed by atoms with E-state index in [0.717, 1.165) is 6.42 Å². The van der Waals surface area contributed by atoms with Crippen molar-refractivity contribution in [3.63, 3.8) is 0 Å². The number of hydrogen-bond acceptors (Lipinski definition) is 3. The molecule has 0 aromatic carbocycles. The maximum Gasteiger partial charge on any atom is 0.306 e. The monoisotopic (exact) mass is 260 g/mol. The van der Waals surface area contributed by atoms with E-state index in [1.807, 2.05) is 6.08 Å². The topological polar surface area (TPSA) is 43.4 Å². The summed E-state index contributed by atoms with van der Waals surface area (Å²) in [5, 5.41) is 0. The fourth-order valence-corrected chi connectivity index (χ4v) is 3.13. The van der Waals surface area contributed by atoms with Crippen LogP contribution in [-0.2, 0) is 14.3 Å². The first-order chi connectivity index (χ1) is 9.11. The molecule has 0 radical (unpaired) electrons. The Labute approximate surface area is 114 Å². The number of rotatable bonds is 4. The van der Waals surface area contributed by atoms with Crippen molar-refractivity contribution in [2.24, 2.45) is 17.8 Å². The molecule has 0 amide bonds. The molecule has 0 spiro atoms. The van der Waals surface area contributed by atoms with Crippen molar-refractivity contribution in [2.75, 3.05) is 0 Å². The lowest BCUT2D eigenvalue weighted by Gasteiger charge is -2.14. The van der Waals surface area contributed by atoms with E-state index in [9.17, 15) is 9.59 Å². The highest BCUT2D eigenvalue weighted by Gasteiger charge is 2.47. The number of allylic oxidation sites excluding steroid dienone is 2. The van der Waals surface area contributed by atoms with E-state index in [1.165, 1.54) is 0 Å². The average molecular weight is 260 g/mol. The molecule has 0 aromatic rings. The third-order valence-corrected chi connectivity index (χ3v) is 4.10. The summed E-state index contributed by atoms with van der Waals surface area (Å²) in [4.78, 5) is 23.0. The lowest BCUT2D eigenvalue weighted by Crippen LogP contribution is -2.13. The largest absolute Gasteiger partial charge is 0.462 e. The number of hydrogen-bond donors (Lipinski definition) is 0. The first-order valence-electron chi connectivity index (χ1n) is 6.92. The van der Waals surface area contributed by atoms with Crippen molar-refractivity contribution in [2.45, 2.75) is 45.6 Å². The smallest absolute Gasteiger partial charge is 0.306 e. The summed E-state index contributed by atoms with van der Waals surface area (Å²) in [5.41, 5.74) is 0. The highest BCUT2D eigenvalue weighted by Crippen LogP contribution is 2.45. The number of carbonyl (C=O) groups excluding carboxylic acids is 2. The van der Waals surface area contributed by atoms with Gasteiger partial charge < -0.3 is 4.74 Å². The van der Waals surface area contributed by atoms with Crippen LogP contribution < -0.4 is 0 Å². The maximum absolute atomic E-state index is 11.7. The van der Waals surface area contributed by atoms with E-state index in [0.29, 0.717) is 25.2 Å². The first-order valence-corrected chi connectivity index (χ1v) is 6.92. The highest BCUT2D eigenvalue weighted by molar-refractivity contribution is 5.89. The Balaban J connectivity index is 1.91. The Hall–Kier alpha value is -1.56. The van der Waals surface area contributed by atoms with Crippen LogP contribution in [0.15, 0.2) is 12.2 Å². The van der Waals surface area contributed by atoms with Crippen LogP contribution in [0.3, 0.4) is 0 Å². The molecule has 102 valence electrons. The van der Waals surface area contributed by atoms with Crippen molar-refractivity contribution >= 4 is 11.8 Å². The minimum absolute atomic E-state index is 0.0678. The van der Waals surface area contributed by atoms with Gasteiger partial charge >= 0.3 is 5.97 Å². The summed E-state index contributed by atoms with van der Waals surface area (Å²) in [7, 11) is 0. The quantitative estimate of drug-likeness (QED) is 0.443. The fraction of sp³-hybridized carbons (Fsp3) is 0.625. The molecule has 3 heteroatoms. The molecule has 2 rings (SSSR count). The summed E-state index contributed by atoms with van der Waals surface area (Å²) in [6.45, 7) is 3.94. The van der Waals surface area contributed by atoms with Crippen molar-refractivity contribution in [3.8, 4) is 11.8 Å². The molecule has 19 heavy (non-hydrogen) atoms. The lowest BCUT2D eigenvalue weighted by atomic mass is 9.88. The van der Waals surface area contributed by atoms with E-state index < -0.39 is 0 Å². The molecule has 1 aliphatic heterocycles. The zero-order valence-electron chi connectivity index (χ0n) is 11.5. The maximum atomic E-state index is 11.7. The van der Waals surface area contributed by atoms with E-state index in [2.05, 4.69) is 18.8 Å². The Morgan fingerprint density at radius 2 is 2.32 bits per heavy atom. The lowest BCUT2D eigenvalue weighted by molar-refractivity contribution is -0.141. The molecule has 2 aliphatic rings. The van der Waals surface area contributed by atoms with Crippen LogP contribution in [0.1, 0.15) is 39.5 Å². The minimum Gasteiger partial charge on any atom is -0.462 e.